The molecule has 9 heteroatoms. The minimum absolute atomic E-state index is 0.0921. The molecule has 0 aliphatic rings. The lowest BCUT2D eigenvalue weighted by molar-refractivity contribution is -0.154. The number of rotatable bonds is 44. The third-order valence-electron chi connectivity index (χ3n) is 9.93. The molecule has 2 unspecified atom stereocenters. The lowest BCUT2D eigenvalue weighted by atomic mass is 10.0. The number of carbonyl (C=O) groups is 1. The fraction of sp³-hybridized carbons (Fsp3) is 0.932. The highest BCUT2D eigenvalue weighted by Gasteiger charge is 2.25. The number of unbranched alkanes of at least 4 members (excludes halogenated alkanes) is 29. The zero-order valence-corrected chi connectivity index (χ0v) is 35.9. The second-order valence-electron chi connectivity index (χ2n) is 15.3. The van der Waals surface area contributed by atoms with Crippen molar-refractivity contribution in [2.24, 2.45) is 5.73 Å². The number of allylic oxidation sites excluding steroid dienone is 2. The average Bonchev–Trinajstić information content (AvgIpc) is 3.15. The van der Waals surface area contributed by atoms with Crippen molar-refractivity contribution in [1.82, 2.24) is 0 Å². The summed E-state index contributed by atoms with van der Waals surface area (Å²) in [5.74, 6) is -0.326. The first-order valence-electron chi connectivity index (χ1n) is 22.7. The Hall–Kier alpha value is -0.760. The van der Waals surface area contributed by atoms with E-state index in [4.69, 9.17) is 24.3 Å². The molecule has 0 radical (unpaired) electrons. The molecule has 2 atom stereocenters. The lowest BCUT2D eigenvalue weighted by Crippen LogP contribution is -2.28. The molecule has 0 aliphatic carbocycles. The van der Waals surface area contributed by atoms with E-state index in [9.17, 15) is 14.3 Å². The van der Waals surface area contributed by atoms with Crippen molar-refractivity contribution in [2.75, 3.05) is 33.0 Å². The number of ether oxygens (including phenoxy) is 2. The fourth-order valence-electron chi connectivity index (χ4n) is 6.58. The third kappa shape index (κ3) is 42.2. The number of nitrogens with two attached hydrogens (primary N) is 1. The molecule has 0 heterocycles. The highest BCUT2D eigenvalue weighted by atomic mass is 31.2. The van der Waals surface area contributed by atoms with Crippen molar-refractivity contribution >= 4 is 13.8 Å². The van der Waals surface area contributed by atoms with Crippen LogP contribution in [0.25, 0.3) is 0 Å². The SMILES string of the molecule is CCCCCCCC/C=C\CCCCCCCCCCCCOCC(COP(=O)(O)OCCN)OC(=O)CCCCCCCCCCCCCCCC. The quantitative estimate of drug-likeness (QED) is 0.0272. The Kier molecular flexibility index (Phi) is 41.8. The van der Waals surface area contributed by atoms with Crippen molar-refractivity contribution in [2.45, 2.75) is 232 Å². The first-order valence-corrected chi connectivity index (χ1v) is 24.2. The first-order chi connectivity index (χ1) is 25.9. The molecular weight excluding hydrogens is 685 g/mol. The molecule has 0 aliphatic heterocycles. The van der Waals surface area contributed by atoms with Gasteiger partial charge in [-0.15, -0.1) is 0 Å². The van der Waals surface area contributed by atoms with Crippen molar-refractivity contribution in [3.8, 4) is 0 Å². The molecule has 8 nitrogen and oxygen atoms in total. The van der Waals surface area contributed by atoms with Crippen LogP contribution >= 0.6 is 7.82 Å². The Balaban J connectivity index is 3.95. The van der Waals surface area contributed by atoms with Gasteiger partial charge < -0.3 is 20.1 Å². The van der Waals surface area contributed by atoms with Crippen LogP contribution in [0.2, 0.25) is 0 Å². The summed E-state index contributed by atoms with van der Waals surface area (Å²) in [7, 11) is -4.27. The molecule has 0 rings (SSSR count). The van der Waals surface area contributed by atoms with Gasteiger partial charge in [-0.1, -0.05) is 193 Å². The lowest BCUT2D eigenvalue weighted by Gasteiger charge is -2.20. The summed E-state index contributed by atoms with van der Waals surface area (Å²) in [6.45, 7) is 4.96. The summed E-state index contributed by atoms with van der Waals surface area (Å²) in [6, 6.07) is 0. The van der Waals surface area contributed by atoms with Crippen LogP contribution in [-0.2, 0) is 27.9 Å². The summed E-state index contributed by atoms with van der Waals surface area (Å²) in [5, 5.41) is 0. The van der Waals surface area contributed by atoms with E-state index in [-0.39, 0.29) is 32.3 Å². The van der Waals surface area contributed by atoms with Gasteiger partial charge in [0, 0.05) is 19.6 Å². The van der Waals surface area contributed by atoms with Gasteiger partial charge in [-0.3, -0.25) is 13.8 Å². The molecule has 3 N–H and O–H groups in total. The zero-order valence-electron chi connectivity index (χ0n) is 35.0. The minimum Gasteiger partial charge on any atom is -0.457 e. The van der Waals surface area contributed by atoms with Crippen molar-refractivity contribution < 1.29 is 32.8 Å². The molecule has 53 heavy (non-hydrogen) atoms. The second kappa shape index (κ2) is 42.4. The summed E-state index contributed by atoms with van der Waals surface area (Å²) < 4.78 is 33.5. The zero-order chi connectivity index (χ0) is 38.8. The maximum Gasteiger partial charge on any atom is 0.472 e. The third-order valence-corrected chi connectivity index (χ3v) is 10.9. The largest absolute Gasteiger partial charge is 0.472 e. The highest BCUT2D eigenvalue weighted by molar-refractivity contribution is 7.47. The molecule has 0 saturated carbocycles. The van der Waals surface area contributed by atoms with E-state index in [1.807, 2.05) is 0 Å². The topological polar surface area (TPSA) is 117 Å². The van der Waals surface area contributed by atoms with Gasteiger partial charge in [0.15, 0.2) is 0 Å². The predicted molar refractivity (Wildman–Crippen MR) is 224 cm³/mol. The van der Waals surface area contributed by atoms with Crippen LogP contribution in [0.15, 0.2) is 12.2 Å². The molecule has 0 aromatic carbocycles. The molecule has 0 fully saturated rings. The Morgan fingerprint density at radius 3 is 1.38 bits per heavy atom. The van der Waals surface area contributed by atoms with Crippen LogP contribution in [0.5, 0.6) is 0 Å². The summed E-state index contributed by atoms with van der Waals surface area (Å²) in [6.07, 6.45) is 45.1. The van der Waals surface area contributed by atoms with Gasteiger partial charge in [0.1, 0.15) is 6.10 Å². The number of carbonyl (C=O) groups excluding carboxylic acids is 1. The predicted octanol–water partition coefficient (Wildman–Crippen LogP) is 13.5. The van der Waals surface area contributed by atoms with Gasteiger partial charge in [-0.05, 0) is 38.5 Å². The van der Waals surface area contributed by atoms with E-state index in [2.05, 4.69) is 26.0 Å². The van der Waals surface area contributed by atoms with Crippen LogP contribution in [0.1, 0.15) is 226 Å². The van der Waals surface area contributed by atoms with Gasteiger partial charge in [-0.25, -0.2) is 4.57 Å². The molecule has 0 bridgehead atoms. The number of hydrogen-bond acceptors (Lipinski definition) is 7. The van der Waals surface area contributed by atoms with Gasteiger partial charge in [0.25, 0.3) is 0 Å². The van der Waals surface area contributed by atoms with E-state index >= 15 is 0 Å². The molecule has 0 saturated heterocycles. The first kappa shape index (κ1) is 52.2. The molecule has 316 valence electrons. The van der Waals surface area contributed by atoms with Crippen LogP contribution in [0.4, 0.5) is 0 Å². The highest BCUT2D eigenvalue weighted by Crippen LogP contribution is 2.43. The molecule has 0 spiro atoms. The van der Waals surface area contributed by atoms with E-state index in [0.29, 0.717) is 13.0 Å². The average molecular weight is 774 g/mol. The van der Waals surface area contributed by atoms with E-state index in [1.165, 1.54) is 173 Å². The molecule has 0 aromatic heterocycles. The number of phosphoric acid groups is 1. The molecular formula is C44H88NO7P. The maximum absolute atomic E-state index is 12.6. The van der Waals surface area contributed by atoms with Gasteiger partial charge in [0.2, 0.25) is 0 Å². The van der Waals surface area contributed by atoms with Crippen molar-refractivity contribution in [3.63, 3.8) is 0 Å². The molecule has 0 aromatic rings. The van der Waals surface area contributed by atoms with Crippen LogP contribution in [0, 0.1) is 0 Å². The monoisotopic (exact) mass is 774 g/mol. The summed E-state index contributed by atoms with van der Waals surface area (Å²) >= 11 is 0. The Morgan fingerprint density at radius 1 is 0.547 bits per heavy atom. The summed E-state index contributed by atoms with van der Waals surface area (Å²) in [4.78, 5) is 22.5. The minimum atomic E-state index is -4.27. The fourth-order valence-corrected chi connectivity index (χ4v) is 7.35. The molecule has 0 amide bonds. The Bertz CT molecular complexity index is 828. The normalized spacial score (nSPS) is 13.5. The van der Waals surface area contributed by atoms with E-state index in [1.54, 1.807) is 0 Å². The van der Waals surface area contributed by atoms with Crippen LogP contribution in [-0.4, -0.2) is 49.9 Å². The standard InChI is InChI=1S/C44H88NO7P/c1-3-5-7-9-11-13-15-17-19-20-21-22-23-24-26-28-30-32-34-36-39-49-41-43(42-51-53(47,48)50-40-38-45)52-44(46)37-35-33-31-29-27-25-18-16-14-12-10-8-6-4-2/h17,19,43H,3-16,18,20-42,45H2,1-2H3,(H,47,48)/b19-17-. The smallest absolute Gasteiger partial charge is 0.457 e. The summed E-state index contributed by atoms with van der Waals surface area (Å²) in [5.41, 5.74) is 5.37. The maximum atomic E-state index is 12.6. The van der Waals surface area contributed by atoms with E-state index < -0.39 is 13.9 Å². The van der Waals surface area contributed by atoms with Crippen molar-refractivity contribution in [1.29, 1.82) is 0 Å². The number of hydrogen-bond donors (Lipinski definition) is 2. The number of phosphoric ester groups is 1. The van der Waals surface area contributed by atoms with Gasteiger partial charge >= 0.3 is 13.8 Å². The number of esters is 1. The van der Waals surface area contributed by atoms with E-state index in [0.717, 1.165) is 32.1 Å². The van der Waals surface area contributed by atoms with Crippen molar-refractivity contribution in [3.05, 3.63) is 12.2 Å². The Labute approximate surface area is 328 Å². The van der Waals surface area contributed by atoms with Gasteiger partial charge in [0.05, 0.1) is 19.8 Å². The second-order valence-corrected chi connectivity index (χ2v) is 16.7. The van der Waals surface area contributed by atoms with Crippen LogP contribution < -0.4 is 5.73 Å². The van der Waals surface area contributed by atoms with Crippen LogP contribution in [0.3, 0.4) is 0 Å². The van der Waals surface area contributed by atoms with Gasteiger partial charge in [-0.2, -0.15) is 0 Å². The Morgan fingerprint density at radius 2 is 0.943 bits per heavy atom.